The normalized spacial score (nSPS) is 11.1. The highest BCUT2D eigenvalue weighted by Crippen LogP contribution is 2.19. The van der Waals surface area contributed by atoms with Crippen molar-refractivity contribution in [2.24, 2.45) is 5.73 Å². The number of nitrogens with two attached hydrogens (primary N) is 1. The maximum Gasteiger partial charge on any atom is 0.189 e. The molecule has 2 rings (SSSR count). The Kier molecular flexibility index (Phi) is 3.67. The van der Waals surface area contributed by atoms with Gasteiger partial charge in [0.2, 0.25) is 0 Å². The predicted octanol–water partition coefficient (Wildman–Crippen LogP) is 1.75. The molecule has 0 saturated heterocycles. The average molecular weight is 246 g/mol. The van der Waals surface area contributed by atoms with Crippen molar-refractivity contribution in [3.05, 3.63) is 40.7 Å². The van der Waals surface area contributed by atoms with E-state index in [4.69, 9.17) is 10.5 Å². The van der Waals surface area contributed by atoms with Gasteiger partial charge in [-0.1, -0.05) is 0 Å². The minimum absolute atomic E-state index is 0.00692. The number of hydrogen-bond donors (Lipinski definition) is 1. The highest BCUT2D eigenvalue weighted by atomic mass is 16.5. The number of hydrogen-bond acceptors (Lipinski definition) is 3. The zero-order valence-corrected chi connectivity index (χ0v) is 10.7. The van der Waals surface area contributed by atoms with Crippen LogP contribution < -0.4 is 15.9 Å². The molecule has 0 bridgehead atoms. The fourth-order valence-corrected chi connectivity index (χ4v) is 1.97. The van der Waals surface area contributed by atoms with Crippen molar-refractivity contribution in [1.29, 1.82) is 0 Å². The molecule has 2 aromatic rings. The van der Waals surface area contributed by atoms with E-state index in [1.165, 1.54) is 0 Å². The maximum absolute atomic E-state index is 11.9. The summed E-state index contributed by atoms with van der Waals surface area (Å²) in [5, 5.41) is 0.670. The number of benzene rings is 1. The Morgan fingerprint density at radius 3 is 2.78 bits per heavy atom. The van der Waals surface area contributed by atoms with E-state index in [1.807, 2.05) is 30.5 Å². The minimum Gasteiger partial charge on any atom is -0.491 e. The van der Waals surface area contributed by atoms with E-state index in [1.54, 1.807) is 18.3 Å². The van der Waals surface area contributed by atoms with E-state index in [9.17, 15) is 4.79 Å². The predicted molar refractivity (Wildman–Crippen MR) is 73.0 cm³/mol. The van der Waals surface area contributed by atoms with Crippen LogP contribution in [0.2, 0.25) is 0 Å². The number of pyridine rings is 1. The Morgan fingerprint density at radius 2 is 2.11 bits per heavy atom. The number of fused-ring (bicyclic) bond motifs is 1. The summed E-state index contributed by atoms with van der Waals surface area (Å²) in [4.78, 5) is 11.9. The third-order valence-corrected chi connectivity index (χ3v) is 2.69. The number of ether oxygens (including phenoxy) is 1. The molecule has 1 aromatic heterocycles. The van der Waals surface area contributed by atoms with Crippen LogP contribution in [0.1, 0.15) is 13.8 Å². The first-order valence-corrected chi connectivity index (χ1v) is 6.11. The fourth-order valence-electron chi connectivity index (χ4n) is 1.97. The lowest BCUT2D eigenvalue weighted by Crippen LogP contribution is -2.14. The van der Waals surface area contributed by atoms with Crippen LogP contribution in [-0.2, 0) is 6.54 Å². The molecular weight excluding hydrogens is 228 g/mol. The molecule has 0 fully saturated rings. The molecule has 0 aliphatic rings. The van der Waals surface area contributed by atoms with Gasteiger partial charge in [0.25, 0.3) is 0 Å². The Balaban J connectivity index is 2.55. The maximum atomic E-state index is 11.9. The Hall–Kier alpha value is -1.81. The van der Waals surface area contributed by atoms with E-state index >= 15 is 0 Å². The highest BCUT2D eigenvalue weighted by molar-refractivity contribution is 5.80. The molecule has 4 heteroatoms. The van der Waals surface area contributed by atoms with Crippen LogP contribution >= 0.6 is 0 Å². The molecule has 1 heterocycles. The molecule has 0 spiro atoms. The van der Waals surface area contributed by atoms with Gasteiger partial charge in [-0.2, -0.15) is 0 Å². The van der Waals surface area contributed by atoms with E-state index < -0.39 is 0 Å². The lowest BCUT2D eigenvalue weighted by molar-refractivity contribution is 0.242. The minimum atomic E-state index is 0.00692. The van der Waals surface area contributed by atoms with Crippen LogP contribution in [0.15, 0.2) is 35.3 Å². The highest BCUT2D eigenvalue weighted by Gasteiger charge is 2.05. The largest absolute Gasteiger partial charge is 0.491 e. The van der Waals surface area contributed by atoms with Gasteiger partial charge in [0.05, 0.1) is 11.6 Å². The second-order valence-corrected chi connectivity index (χ2v) is 4.51. The van der Waals surface area contributed by atoms with Gasteiger partial charge < -0.3 is 15.0 Å². The van der Waals surface area contributed by atoms with Crippen molar-refractivity contribution in [1.82, 2.24) is 4.57 Å². The first-order chi connectivity index (χ1) is 8.61. The van der Waals surface area contributed by atoms with Gasteiger partial charge in [-0.05, 0) is 32.0 Å². The Bertz CT molecular complexity index is 602. The van der Waals surface area contributed by atoms with Gasteiger partial charge in [-0.25, -0.2) is 0 Å². The molecule has 0 amide bonds. The lowest BCUT2D eigenvalue weighted by atomic mass is 10.2. The summed E-state index contributed by atoms with van der Waals surface area (Å²) in [5.74, 6) is 0.722. The van der Waals surface area contributed by atoms with E-state index in [2.05, 4.69) is 0 Å². The summed E-state index contributed by atoms with van der Waals surface area (Å²) in [7, 11) is 0. The van der Waals surface area contributed by atoms with E-state index in [0.29, 0.717) is 18.5 Å². The molecule has 0 unspecified atom stereocenters. The smallest absolute Gasteiger partial charge is 0.189 e. The summed E-state index contributed by atoms with van der Waals surface area (Å²) < 4.78 is 7.59. The van der Waals surface area contributed by atoms with Crippen LogP contribution in [0, 0.1) is 0 Å². The molecule has 18 heavy (non-hydrogen) atoms. The molecule has 0 atom stereocenters. The second kappa shape index (κ2) is 5.23. The molecule has 4 nitrogen and oxygen atoms in total. The molecule has 0 aliphatic heterocycles. The van der Waals surface area contributed by atoms with Crippen molar-refractivity contribution in [2.75, 3.05) is 6.54 Å². The van der Waals surface area contributed by atoms with Crippen LogP contribution in [0.3, 0.4) is 0 Å². The monoisotopic (exact) mass is 246 g/mol. The molecule has 1 aromatic carbocycles. The van der Waals surface area contributed by atoms with Crippen LogP contribution in [0.4, 0.5) is 0 Å². The average Bonchev–Trinajstić information content (AvgIpc) is 2.32. The van der Waals surface area contributed by atoms with Crippen molar-refractivity contribution in [3.8, 4) is 5.75 Å². The van der Waals surface area contributed by atoms with Gasteiger partial charge in [-0.3, -0.25) is 4.79 Å². The molecule has 2 N–H and O–H groups in total. The first kappa shape index (κ1) is 12.6. The van der Waals surface area contributed by atoms with E-state index in [-0.39, 0.29) is 11.5 Å². The molecule has 0 radical (unpaired) electrons. The van der Waals surface area contributed by atoms with Gasteiger partial charge in [0, 0.05) is 30.7 Å². The third-order valence-electron chi connectivity index (χ3n) is 2.69. The van der Waals surface area contributed by atoms with E-state index in [0.717, 1.165) is 11.3 Å². The van der Waals surface area contributed by atoms with Crippen molar-refractivity contribution < 1.29 is 4.74 Å². The van der Waals surface area contributed by atoms with Crippen molar-refractivity contribution >= 4 is 10.9 Å². The van der Waals surface area contributed by atoms with Crippen molar-refractivity contribution in [3.63, 3.8) is 0 Å². The van der Waals surface area contributed by atoms with Gasteiger partial charge in [-0.15, -0.1) is 0 Å². The standard InChI is InChI=1S/C14H18N2O2/c1-10(2)18-11-3-4-13-12(9-11)14(17)5-7-16(13)8-6-15/h3-5,7,9-10H,6,8,15H2,1-2H3. The Labute approximate surface area is 106 Å². The molecular formula is C14H18N2O2. The lowest BCUT2D eigenvalue weighted by Gasteiger charge is -2.13. The van der Waals surface area contributed by atoms with Crippen molar-refractivity contribution in [2.45, 2.75) is 26.5 Å². The summed E-state index contributed by atoms with van der Waals surface area (Å²) in [6.45, 7) is 5.16. The quantitative estimate of drug-likeness (QED) is 0.894. The van der Waals surface area contributed by atoms with Gasteiger partial charge in [0.1, 0.15) is 5.75 Å². The first-order valence-electron chi connectivity index (χ1n) is 6.11. The molecule has 0 aliphatic carbocycles. The number of rotatable bonds is 4. The zero-order valence-electron chi connectivity index (χ0n) is 10.7. The van der Waals surface area contributed by atoms with Gasteiger partial charge in [0.15, 0.2) is 5.43 Å². The van der Waals surface area contributed by atoms with Crippen LogP contribution in [0.5, 0.6) is 5.75 Å². The zero-order chi connectivity index (χ0) is 13.1. The summed E-state index contributed by atoms with van der Waals surface area (Å²) in [5.41, 5.74) is 6.46. The molecule has 96 valence electrons. The Morgan fingerprint density at radius 1 is 1.33 bits per heavy atom. The third kappa shape index (κ3) is 2.54. The number of aromatic nitrogens is 1. The summed E-state index contributed by atoms with van der Waals surface area (Å²) >= 11 is 0. The summed E-state index contributed by atoms with van der Waals surface area (Å²) in [6, 6.07) is 7.15. The topological polar surface area (TPSA) is 57.2 Å². The summed E-state index contributed by atoms with van der Waals surface area (Å²) in [6.07, 6.45) is 1.87. The molecule has 0 saturated carbocycles. The van der Waals surface area contributed by atoms with Gasteiger partial charge >= 0.3 is 0 Å². The van der Waals surface area contributed by atoms with Crippen LogP contribution in [-0.4, -0.2) is 17.2 Å². The fraction of sp³-hybridized carbons (Fsp3) is 0.357. The second-order valence-electron chi connectivity index (χ2n) is 4.51. The number of nitrogens with zero attached hydrogens (tertiary/aromatic N) is 1. The SMILES string of the molecule is CC(C)Oc1ccc2c(c1)c(=O)ccn2CCN. The van der Waals surface area contributed by atoms with Crippen LogP contribution in [0.25, 0.3) is 10.9 Å².